The van der Waals surface area contributed by atoms with Gasteiger partial charge in [-0.2, -0.15) is 0 Å². The van der Waals surface area contributed by atoms with Crippen LogP contribution < -0.4 is 16.2 Å². The van der Waals surface area contributed by atoms with Crippen LogP contribution in [0.4, 0.5) is 4.39 Å². The maximum atomic E-state index is 15.1. The van der Waals surface area contributed by atoms with Crippen LogP contribution in [0, 0.1) is 12.7 Å². The number of pyridine rings is 2. The number of esters is 1. The highest BCUT2D eigenvalue weighted by Gasteiger charge is 2.46. The lowest BCUT2D eigenvalue weighted by Crippen LogP contribution is -2.49. The third-order valence-corrected chi connectivity index (χ3v) is 8.91. The normalized spacial score (nSPS) is 24.8. The van der Waals surface area contributed by atoms with E-state index in [1.165, 1.54) is 6.07 Å². The largest absolute Gasteiger partial charge is 0.458 e. The Labute approximate surface area is 228 Å². The number of morpholine rings is 1. The van der Waals surface area contributed by atoms with Crippen molar-refractivity contribution < 1.29 is 28.6 Å². The van der Waals surface area contributed by atoms with Crippen LogP contribution in [-0.2, 0) is 44.2 Å². The van der Waals surface area contributed by atoms with Crippen molar-refractivity contribution in [1.82, 2.24) is 20.2 Å². The zero-order chi connectivity index (χ0) is 27.9. The summed E-state index contributed by atoms with van der Waals surface area (Å²) in [6, 6.07) is 2.64. The zero-order valence-corrected chi connectivity index (χ0v) is 22.2. The van der Waals surface area contributed by atoms with Gasteiger partial charge in [-0.25, -0.2) is 14.2 Å². The van der Waals surface area contributed by atoms with Gasteiger partial charge in [0.15, 0.2) is 5.60 Å². The average molecular weight is 549 g/mol. The van der Waals surface area contributed by atoms with E-state index in [1.807, 2.05) is 0 Å². The molecule has 3 atom stereocenters. The minimum Gasteiger partial charge on any atom is -0.458 e. The highest BCUT2D eigenvalue weighted by molar-refractivity contribution is 5.94. The molecular formula is C29H29FN4O6. The van der Waals surface area contributed by atoms with Crippen molar-refractivity contribution in [3.63, 3.8) is 0 Å². The Morgan fingerprint density at radius 2 is 2.12 bits per heavy atom. The quantitative estimate of drug-likeness (QED) is 0.329. The van der Waals surface area contributed by atoms with Gasteiger partial charge in [-0.1, -0.05) is 6.92 Å². The fourth-order valence-corrected chi connectivity index (χ4v) is 6.70. The van der Waals surface area contributed by atoms with E-state index >= 15 is 4.39 Å². The number of cyclic esters (lactones) is 1. The predicted molar refractivity (Wildman–Crippen MR) is 141 cm³/mol. The topological polar surface area (TPSA) is 132 Å². The van der Waals surface area contributed by atoms with Crippen molar-refractivity contribution in [2.45, 2.75) is 64.0 Å². The predicted octanol–water partition coefficient (Wildman–Crippen LogP) is 1.62. The molecule has 1 fully saturated rings. The number of hydrogen-bond donors (Lipinski definition) is 3. The summed E-state index contributed by atoms with van der Waals surface area (Å²) < 4.78 is 27.5. The molecule has 11 heteroatoms. The number of aliphatic hydroxyl groups is 1. The van der Waals surface area contributed by atoms with E-state index in [4.69, 9.17) is 14.5 Å². The van der Waals surface area contributed by atoms with Gasteiger partial charge in [0.05, 0.1) is 41.7 Å². The lowest BCUT2D eigenvalue weighted by Gasteiger charge is -2.31. The molecule has 3 aromatic rings. The van der Waals surface area contributed by atoms with Gasteiger partial charge in [0.2, 0.25) is 0 Å². The molecule has 0 bridgehead atoms. The average Bonchev–Trinajstić information content (AvgIpc) is 3.33. The third kappa shape index (κ3) is 3.44. The number of amides is 1. The van der Waals surface area contributed by atoms with Crippen molar-refractivity contribution in [2.75, 3.05) is 19.7 Å². The molecule has 1 aromatic carbocycles. The Hall–Kier alpha value is -3.67. The number of ether oxygens (including phenoxy) is 2. The molecule has 3 N–H and O–H groups in total. The lowest BCUT2D eigenvalue weighted by atomic mass is 9.81. The van der Waals surface area contributed by atoms with Crippen molar-refractivity contribution in [1.29, 1.82) is 0 Å². The molecule has 0 radical (unpaired) electrons. The molecule has 10 nitrogen and oxygen atoms in total. The minimum absolute atomic E-state index is 0.0328. The number of fused-ring (bicyclic) bond motifs is 5. The molecule has 0 spiro atoms. The summed E-state index contributed by atoms with van der Waals surface area (Å²) in [5.41, 5.74) is 2.46. The van der Waals surface area contributed by atoms with Gasteiger partial charge in [-0.15, -0.1) is 0 Å². The second kappa shape index (κ2) is 8.92. The van der Waals surface area contributed by atoms with E-state index < -0.39 is 23.7 Å². The van der Waals surface area contributed by atoms with Crippen molar-refractivity contribution in [2.24, 2.45) is 0 Å². The molecule has 208 valence electrons. The van der Waals surface area contributed by atoms with Gasteiger partial charge in [0.25, 0.3) is 11.5 Å². The van der Waals surface area contributed by atoms with Crippen molar-refractivity contribution in [3.8, 4) is 11.4 Å². The number of hydrogen-bond acceptors (Lipinski definition) is 8. The molecule has 0 unspecified atom stereocenters. The van der Waals surface area contributed by atoms with Gasteiger partial charge in [-0.3, -0.25) is 9.59 Å². The minimum atomic E-state index is -1.95. The first kappa shape index (κ1) is 25.3. The highest BCUT2D eigenvalue weighted by atomic mass is 19.1. The van der Waals surface area contributed by atoms with Gasteiger partial charge in [0.1, 0.15) is 18.5 Å². The fourth-order valence-electron chi connectivity index (χ4n) is 6.70. The van der Waals surface area contributed by atoms with E-state index in [9.17, 15) is 19.5 Å². The number of aromatic nitrogens is 2. The number of rotatable bonds is 3. The van der Waals surface area contributed by atoms with Crippen molar-refractivity contribution in [3.05, 3.63) is 61.7 Å². The number of carbonyl (C=O) groups excluding carboxylic acids is 2. The standard InChI is InChI=1S/C29H29FN4O6/c1-3-29(38)17-8-21-25-15(11-34(21)27(36)16(17)12-40-28(29)37)24-19(33-26(35)22-10-31-6-7-39-22)5-4-14-13(2)18(30)9-20(32-25)23(14)24/h8-9,19,22,31,38H,3-7,10-12H2,1-2H3,(H,33,35)/t19-,22-,29-/m1/s1. The Morgan fingerprint density at radius 1 is 1.30 bits per heavy atom. The van der Waals surface area contributed by atoms with Crippen LogP contribution >= 0.6 is 0 Å². The second-order valence-corrected chi connectivity index (χ2v) is 11.0. The molecule has 40 heavy (non-hydrogen) atoms. The number of benzene rings is 1. The number of aryl methyl sites for hydroxylation is 1. The summed E-state index contributed by atoms with van der Waals surface area (Å²) in [5.74, 6) is -1.39. The monoisotopic (exact) mass is 548 g/mol. The first-order chi connectivity index (χ1) is 19.2. The van der Waals surface area contributed by atoms with E-state index in [0.717, 1.165) is 22.1 Å². The number of halogens is 1. The number of nitrogens with one attached hydrogen (secondary N) is 2. The molecule has 1 amide bonds. The maximum absolute atomic E-state index is 15.1. The van der Waals surface area contributed by atoms with Crippen molar-refractivity contribution >= 4 is 22.8 Å². The third-order valence-electron chi connectivity index (χ3n) is 8.91. The van der Waals surface area contributed by atoms with E-state index in [1.54, 1.807) is 24.5 Å². The second-order valence-electron chi connectivity index (χ2n) is 11.0. The summed E-state index contributed by atoms with van der Waals surface area (Å²) in [6.45, 7) is 4.90. The van der Waals surface area contributed by atoms with Gasteiger partial charge >= 0.3 is 5.97 Å². The van der Waals surface area contributed by atoms with Crippen LogP contribution in [0.5, 0.6) is 0 Å². The first-order valence-corrected chi connectivity index (χ1v) is 13.7. The maximum Gasteiger partial charge on any atom is 0.343 e. The van der Waals surface area contributed by atoms with E-state index in [-0.39, 0.29) is 48.0 Å². The molecule has 2 aromatic heterocycles. The van der Waals surface area contributed by atoms with Crippen LogP contribution in [-0.4, -0.2) is 52.3 Å². The lowest BCUT2D eigenvalue weighted by molar-refractivity contribution is -0.172. The fraction of sp³-hybridized carbons (Fsp3) is 0.448. The molecule has 1 saturated heterocycles. The molecular weight excluding hydrogens is 519 g/mol. The Bertz CT molecular complexity index is 1690. The number of carbonyl (C=O) groups is 2. The van der Waals surface area contributed by atoms with Crippen LogP contribution in [0.15, 0.2) is 16.9 Å². The Morgan fingerprint density at radius 3 is 2.88 bits per heavy atom. The van der Waals surface area contributed by atoms with Crippen LogP contribution in [0.25, 0.3) is 22.3 Å². The molecule has 3 aliphatic heterocycles. The van der Waals surface area contributed by atoms with Crippen LogP contribution in [0.2, 0.25) is 0 Å². The van der Waals surface area contributed by atoms with Crippen LogP contribution in [0.3, 0.4) is 0 Å². The van der Waals surface area contributed by atoms with E-state index in [2.05, 4.69) is 10.6 Å². The van der Waals surface area contributed by atoms with Gasteiger partial charge < -0.3 is 29.8 Å². The van der Waals surface area contributed by atoms with Crippen LogP contribution in [0.1, 0.15) is 59.2 Å². The Kier molecular flexibility index (Phi) is 5.64. The van der Waals surface area contributed by atoms with E-state index in [0.29, 0.717) is 55.0 Å². The molecule has 1 aliphatic carbocycles. The summed E-state index contributed by atoms with van der Waals surface area (Å²) in [6.07, 6.45) is 0.526. The highest BCUT2D eigenvalue weighted by Crippen LogP contribution is 2.46. The summed E-state index contributed by atoms with van der Waals surface area (Å²) >= 11 is 0. The number of nitrogens with zero attached hydrogens (tertiary/aromatic N) is 2. The molecule has 0 saturated carbocycles. The smallest absolute Gasteiger partial charge is 0.343 e. The molecule has 7 rings (SSSR count). The SMILES string of the molecule is CC[C@]1(O)C(=O)OCc2c1cc1n(c2=O)Cc2c-1nc1cc(F)c(C)c3c1c2[C@H](NC(=O)[C@H]1CNCCO1)CC3. The first-order valence-electron chi connectivity index (χ1n) is 13.7. The molecule has 5 heterocycles. The summed E-state index contributed by atoms with van der Waals surface area (Å²) in [7, 11) is 0. The van der Waals surface area contributed by atoms with Gasteiger partial charge in [-0.05, 0) is 48.9 Å². The zero-order valence-electron chi connectivity index (χ0n) is 22.2. The Balaban J connectivity index is 1.44. The summed E-state index contributed by atoms with van der Waals surface area (Å²) in [4.78, 5) is 44.3. The molecule has 4 aliphatic rings. The van der Waals surface area contributed by atoms with Gasteiger partial charge in [0, 0.05) is 35.7 Å². The summed E-state index contributed by atoms with van der Waals surface area (Å²) in [5, 5.41) is 18.3.